The quantitative estimate of drug-likeness (QED) is 0.681. The summed E-state index contributed by atoms with van der Waals surface area (Å²) < 4.78 is 26.3. The second-order valence-corrected chi connectivity index (χ2v) is 12.1. The first kappa shape index (κ1) is 23.3. The number of carbonyl (C=O) groups excluding carboxylic acids is 1. The maximum atomic E-state index is 13.7. The first-order valence-corrected chi connectivity index (χ1v) is 13.8. The molecule has 3 fully saturated rings. The van der Waals surface area contributed by atoms with E-state index in [9.17, 15) is 13.2 Å². The molecule has 1 N–H and O–H groups in total. The van der Waals surface area contributed by atoms with Crippen molar-refractivity contribution >= 4 is 21.4 Å². The molecule has 34 heavy (non-hydrogen) atoms. The Hall–Kier alpha value is -2.42. The number of amides is 1. The van der Waals surface area contributed by atoms with Crippen molar-refractivity contribution in [3.8, 4) is 0 Å². The number of benzene rings is 2. The van der Waals surface area contributed by atoms with Crippen molar-refractivity contribution in [1.29, 1.82) is 0 Å². The SMILES string of the molecule is Cc1ccc(C)c(N2CCN(C(=O)C3CN[C@H](S(=O)(=O)C4CC4)N3Cc3ccccc3)CC2)c1. The van der Waals surface area contributed by atoms with Crippen molar-refractivity contribution in [1.82, 2.24) is 15.1 Å². The normalized spacial score (nSPS) is 23.9. The third-order valence-electron chi connectivity index (χ3n) is 7.28. The molecule has 182 valence electrons. The lowest BCUT2D eigenvalue weighted by atomic mass is 10.1. The summed E-state index contributed by atoms with van der Waals surface area (Å²) in [5, 5.41) is 2.91. The van der Waals surface area contributed by atoms with Gasteiger partial charge in [-0.2, -0.15) is 0 Å². The number of hydrogen-bond acceptors (Lipinski definition) is 6. The van der Waals surface area contributed by atoms with E-state index in [1.807, 2.05) is 40.1 Å². The average Bonchev–Trinajstić information content (AvgIpc) is 3.63. The predicted molar refractivity (Wildman–Crippen MR) is 134 cm³/mol. The lowest BCUT2D eigenvalue weighted by molar-refractivity contribution is -0.136. The maximum Gasteiger partial charge on any atom is 0.241 e. The highest BCUT2D eigenvalue weighted by Crippen LogP contribution is 2.34. The van der Waals surface area contributed by atoms with Gasteiger partial charge in [0.25, 0.3) is 0 Å². The second kappa shape index (κ2) is 9.32. The topological polar surface area (TPSA) is 73.0 Å². The van der Waals surface area contributed by atoms with Crippen molar-refractivity contribution in [3.05, 3.63) is 65.2 Å². The maximum absolute atomic E-state index is 13.7. The number of rotatable bonds is 6. The first-order valence-electron chi connectivity index (χ1n) is 12.2. The molecular weight excluding hydrogens is 448 g/mol. The van der Waals surface area contributed by atoms with Gasteiger partial charge in [-0.1, -0.05) is 42.5 Å². The lowest BCUT2D eigenvalue weighted by Crippen LogP contribution is -2.55. The third-order valence-corrected chi connectivity index (χ3v) is 9.74. The molecule has 0 aromatic heterocycles. The molecule has 0 radical (unpaired) electrons. The lowest BCUT2D eigenvalue weighted by Gasteiger charge is -2.39. The van der Waals surface area contributed by atoms with Crippen LogP contribution >= 0.6 is 0 Å². The van der Waals surface area contributed by atoms with Gasteiger partial charge in [0.2, 0.25) is 5.91 Å². The minimum atomic E-state index is -3.35. The predicted octanol–water partition coefficient (Wildman–Crippen LogP) is 2.29. The van der Waals surface area contributed by atoms with Gasteiger partial charge in [0.05, 0.1) is 5.25 Å². The Labute approximate surface area is 202 Å². The van der Waals surface area contributed by atoms with Crippen LogP contribution in [-0.4, -0.2) is 73.6 Å². The van der Waals surface area contributed by atoms with Crippen LogP contribution in [0, 0.1) is 13.8 Å². The minimum Gasteiger partial charge on any atom is -0.368 e. The van der Waals surface area contributed by atoms with E-state index >= 15 is 0 Å². The fraction of sp³-hybridized carbons (Fsp3) is 0.500. The molecule has 2 aromatic carbocycles. The van der Waals surface area contributed by atoms with E-state index in [4.69, 9.17) is 0 Å². The van der Waals surface area contributed by atoms with Crippen molar-refractivity contribution in [3.63, 3.8) is 0 Å². The van der Waals surface area contributed by atoms with Crippen LogP contribution in [-0.2, 0) is 21.2 Å². The summed E-state index contributed by atoms with van der Waals surface area (Å²) in [4.78, 5) is 19.8. The molecule has 0 bridgehead atoms. The van der Waals surface area contributed by atoms with Crippen LogP contribution in [0.4, 0.5) is 5.69 Å². The molecule has 8 heteroatoms. The van der Waals surface area contributed by atoms with Crippen LogP contribution in [0.5, 0.6) is 0 Å². The summed E-state index contributed by atoms with van der Waals surface area (Å²) >= 11 is 0. The molecular formula is C26H34N4O3S. The van der Waals surface area contributed by atoms with E-state index < -0.39 is 21.4 Å². The van der Waals surface area contributed by atoms with Crippen LogP contribution in [0.1, 0.15) is 29.5 Å². The van der Waals surface area contributed by atoms with E-state index in [-0.39, 0.29) is 11.2 Å². The van der Waals surface area contributed by atoms with E-state index in [0.717, 1.165) is 31.5 Å². The average molecular weight is 483 g/mol. The molecule has 1 unspecified atom stereocenters. The summed E-state index contributed by atoms with van der Waals surface area (Å²) in [5.74, 6) is 0.0255. The molecule has 5 rings (SSSR count). The van der Waals surface area contributed by atoms with E-state index in [0.29, 0.717) is 26.2 Å². The highest BCUT2D eigenvalue weighted by atomic mass is 32.2. The molecule has 1 saturated carbocycles. The summed E-state index contributed by atoms with van der Waals surface area (Å²) in [5.41, 5.74) is 3.92. The highest BCUT2D eigenvalue weighted by molar-refractivity contribution is 7.92. The van der Waals surface area contributed by atoms with Crippen LogP contribution in [0.2, 0.25) is 0 Å². The van der Waals surface area contributed by atoms with E-state index in [1.54, 1.807) is 0 Å². The fourth-order valence-electron chi connectivity index (χ4n) is 5.15. The molecule has 2 saturated heterocycles. The molecule has 3 aliphatic rings. The number of nitrogens with one attached hydrogen (secondary N) is 1. The summed E-state index contributed by atoms with van der Waals surface area (Å²) in [6.45, 7) is 7.85. The van der Waals surface area contributed by atoms with Crippen molar-refractivity contribution in [2.45, 2.75) is 50.0 Å². The Kier molecular flexibility index (Phi) is 6.39. The molecule has 1 amide bonds. The Morgan fingerprint density at radius 2 is 1.71 bits per heavy atom. The summed E-state index contributed by atoms with van der Waals surface area (Å²) in [7, 11) is -3.35. The fourth-order valence-corrected chi connectivity index (χ4v) is 7.23. The zero-order valence-corrected chi connectivity index (χ0v) is 20.8. The van der Waals surface area contributed by atoms with Gasteiger partial charge < -0.3 is 9.80 Å². The van der Waals surface area contributed by atoms with Gasteiger partial charge in [-0.05, 0) is 49.4 Å². The molecule has 2 heterocycles. The standard InChI is InChI=1S/C26H34N4O3S/c1-19-8-9-20(2)23(16-19)28-12-14-29(15-13-28)25(31)24-17-27-26(34(32,33)22-10-11-22)30(24)18-21-6-4-3-5-7-21/h3-9,16,22,24,26-27H,10-15,17-18H2,1-2H3/t24?,26-/m0/s1. The zero-order chi connectivity index (χ0) is 23.9. The molecule has 7 nitrogen and oxygen atoms in total. The summed E-state index contributed by atoms with van der Waals surface area (Å²) in [6, 6.07) is 15.8. The van der Waals surface area contributed by atoms with Gasteiger partial charge >= 0.3 is 0 Å². The van der Waals surface area contributed by atoms with E-state index in [2.05, 4.69) is 42.3 Å². The Bertz CT molecular complexity index is 1140. The Morgan fingerprint density at radius 1 is 1.00 bits per heavy atom. The van der Waals surface area contributed by atoms with Crippen LogP contribution in [0.15, 0.2) is 48.5 Å². The Balaban J connectivity index is 1.31. The largest absolute Gasteiger partial charge is 0.368 e. The van der Waals surface area contributed by atoms with Gasteiger partial charge in [-0.25, -0.2) is 8.42 Å². The zero-order valence-electron chi connectivity index (χ0n) is 20.0. The molecule has 2 atom stereocenters. The minimum absolute atomic E-state index is 0.0255. The number of aryl methyl sites for hydroxylation is 2. The highest BCUT2D eigenvalue weighted by Gasteiger charge is 2.50. The third kappa shape index (κ3) is 4.59. The second-order valence-electron chi connectivity index (χ2n) is 9.82. The van der Waals surface area contributed by atoms with Gasteiger partial charge in [0.1, 0.15) is 6.04 Å². The molecule has 2 aromatic rings. The number of piperazine rings is 1. The van der Waals surface area contributed by atoms with Crippen LogP contribution < -0.4 is 10.2 Å². The number of nitrogens with zero attached hydrogens (tertiary/aromatic N) is 3. The smallest absolute Gasteiger partial charge is 0.241 e. The molecule has 0 spiro atoms. The number of hydrogen-bond donors (Lipinski definition) is 1. The molecule has 2 aliphatic heterocycles. The number of carbonyl (C=O) groups is 1. The van der Waals surface area contributed by atoms with Gasteiger partial charge in [-0.15, -0.1) is 0 Å². The van der Waals surface area contributed by atoms with Gasteiger partial charge in [-0.3, -0.25) is 15.0 Å². The van der Waals surface area contributed by atoms with Crippen molar-refractivity contribution in [2.75, 3.05) is 37.6 Å². The monoisotopic (exact) mass is 482 g/mol. The van der Waals surface area contributed by atoms with Gasteiger partial charge in [0, 0.05) is 45.0 Å². The van der Waals surface area contributed by atoms with Gasteiger partial charge in [0.15, 0.2) is 15.3 Å². The Morgan fingerprint density at radius 3 is 2.38 bits per heavy atom. The van der Waals surface area contributed by atoms with E-state index in [1.165, 1.54) is 16.8 Å². The summed E-state index contributed by atoms with van der Waals surface area (Å²) in [6.07, 6.45) is 1.44. The number of anilines is 1. The van der Waals surface area contributed by atoms with Crippen molar-refractivity contribution < 1.29 is 13.2 Å². The molecule has 1 aliphatic carbocycles. The van der Waals surface area contributed by atoms with Crippen molar-refractivity contribution in [2.24, 2.45) is 0 Å². The van der Waals surface area contributed by atoms with Crippen LogP contribution in [0.25, 0.3) is 0 Å². The first-order chi connectivity index (χ1) is 16.3. The number of sulfone groups is 1. The van der Waals surface area contributed by atoms with Crippen LogP contribution in [0.3, 0.4) is 0 Å².